The first-order valence-electron chi connectivity index (χ1n) is 7.41. The molecule has 0 spiro atoms. The lowest BCUT2D eigenvalue weighted by atomic mass is 10.2. The molecule has 0 atom stereocenters. The van der Waals surface area contributed by atoms with Crippen molar-refractivity contribution in [2.24, 2.45) is 0 Å². The highest BCUT2D eigenvalue weighted by atomic mass is 19.1. The molecule has 2 rings (SSSR count). The van der Waals surface area contributed by atoms with Gasteiger partial charge in [0.1, 0.15) is 22.9 Å². The van der Waals surface area contributed by atoms with E-state index in [2.05, 4.69) is 10.6 Å². The molecule has 7 nitrogen and oxygen atoms in total. The predicted molar refractivity (Wildman–Crippen MR) is 86.5 cm³/mol. The van der Waals surface area contributed by atoms with Crippen molar-refractivity contribution in [1.82, 2.24) is 5.32 Å². The van der Waals surface area contributed by atoms with E-state index in [4.69, 9.17) is 9.15 Å². The molecule has 2 amide bonds. The van der Waals surface area contributed by atoms with E-state index in [1.165, 1.54) is 30.3 Å². The van der Waals surface area contributed by atoms with Gasteiger partial charge in [-0.15, -0.1) is 0 Å². The number of benzene rings is 1. The van der Waals surface area contributed by atoms with Crippen molar-refractivity contribution >= 4 is 23.5 Å². The molecule has 2 N–H and O–H groups in total. The Hall–Kier alpha value is -3.16. The Morgan fingerprint density at radius 1 is 1.12 bits per heavy atom. The van der Waals surface area contributed by atoms with Crippen LogP contribution in [0, 0.1) is 19.7 Å². The highest BCUT2D eigenvalue weighted by Crippen LogP contribution is 2.14. The standard InChI is InChI=1S/C17H17FN2O5/c1-10-7-14(11(2)25-10)17(23)24-9-16(22)19-8-15(21)20-13-5-3-12(18)4-6-13/h3-7H,8-9H2,1-2H3,(H,19,22)(H,20,21). The minimum absolute atomic E-state index is 0.249. The molecule has 1 aromatic heterocycles. The number of nitrogens with one attached hydrogen (secondary N) is 2. The van der Waals surface area contributed by atoms with Gasteiger partial charge in [-0.2, -0.15) is 0 Å². The number of carbonyl (C=O) groups excluding carboxylic acids is 3. The number of rotatable bonds is 6. The van der Waals surface area contributed by atoms with Gasteiger partial charge >= 0.3 is 5.97 Å². The lowest BCUT2D eigenvalue weighted by molar-refractivity contribution is -0.126. The molecule has 0 radical (unpaired) electrons. The first-order valence-corrected chi connectivity index (χ1v) is 7.41. The van der Waals surface area contributed by atoms with Gasteiger partial charge in [0.2, 0.25) is 5.91 Å². The van der Waals surface area contributed by atoms with Gasteiger partial charge in [-0.05, 0) is 44.2 Å². The fraction of sp³-hybridized carbons (Fsp3) is 0.235. The summed E-state index contributed by atoms with van der Waals surface area (Å²) in [5.74, 6) is -1.25. The van der Waals surface area contributed by atoms with Crippen LogP contribution in [-0.4, -0.2) is 30.9 Å². The zero-order chi connectivity index (χ0) is 18.4. The monoisotopic (exact) mass is 348 g/mol. The van der Waals surface area contributed by atoms with Gasteiger partial charge in [0, 0.05) is 5.69 Å². The Morgan fingerprint density at radius 3 is 2.40 bits per heavy atom. The smallest absolute Gasteiger partial charge is 0.342 e. The van der Waals surface area contributed by atoms with Gasteiger partial charge in [-0.25, -0.2) is 9.18 Å². The Bertz CT molecular complexity index is 783. The Labute approximate surface area is 143 Å². The molecule has 1 aromatic carbocycles. The van der Waals surface area contributed by atoms with Gasteiger partial charge in [0.05, 0.1) is 6.54 Å². The number of aryl methyl sites for hydroxylation is 2. The van der Waals surface area contributed by atoms with E-state index in [-0.39, 0.29) is 12.1 Å². The molecule has 0 aliphatic rings. The van der Waals surface area contributed by atoms with Crippen LogP contribution >= 0.6 is 0 Å². The fourth-order valence-corrected chi connectivity index (χ4v) is 2.01. The number of anilines is 1. The largest absolute Gasteiger partial charge is 0.466 e. The van der Waals surface area contributed by atoms with E-state index in [0.717, 1.165) is 0 Å². The van der Waals surface area contributed by atoms with Gasteiger partial charge in [0.25, 0.3) is 5.91 Å². The van der Waals surface area contributed by atoms with Crippen molar-refractivity contribution in [3.63, 3.8) is 0 Å². The summed E-state index contributed by atoms with van der Waals surface area (Å²) >= 11 is 0. The highest BCUT2D eigenvalue weighted by Gasteiger charge is 2.16. The predicted octanol–water partition coefficient (Wildman–Crippen LogP) is 1.95. The second-order valence-electron chi connectivity index (χ2n) is 5.23. The molecule has 0 unspecified atom stereocenters. The van der Waals surface area contributed by atoms with Gasteiger partial charge in [-0.1, -0.05) is 0 Å². The number of esters is 1. The third-order valence-electron chi connectivity index (χ3n) is 3.17. The van der Waals surface area contributed by atoms with Crippen LogP contribution < -0.4 is 10.6 Å². The molecule has 0 fully saturated rings. The Balaban J connectivity index is 1.73. The lowest BCUT2D eigenvalue weighted by Crippen LogP contribution is -2.35. The fourth-order valence-electron chi connectivity index (χ4n) is 2.01. The van der Waals surface area contributed by atoms with Gasteiger partial charge in [-0.3, -0.25) is 9.59 Å². The van der Waals surface area contributed by atoms with Crippen molar-refractivity contribution < 1.29 is 27.9 Å². The Kier molecular flexibility index (Phi) is 5.89. The second kappa shape index (κ2) is 8.09. The van der Waals surface area contributed by atoms with Crippen LogP contribution in [0.1, 0.15) is 21.9 Å². The van der Waals surface area contributed by atoms with Crippen LogP contribution in [-0.2, 0) is 14.3 Å². The molecule has 1 heterocycles. The first kappa shape index (κ1) is 18.2. The molecule has 0 aliphatic carbocycles. The first-order chi connectivity index (χ1) is 11.8. The van der Waals surface area contributed by atoms with E-state index in [9.17, 15) is 18.8 Å². The molecule has 132 valence electrons. The summed E-state index contributed by atoms with van der Waals surface area (Å²) in [5.41, 5.74) is 0.650. The number of furan rings is 1. The molecule has 0 aliphatic heterocycles. The third kappa shape index (κ3) is 5.45. The highest BCUT2D eigenvalue weighted by molar-refractivity contribution is 5.95. The molecule has 0 saturated heterocycles. The summed E-state index contributed by atoms with van der Waals surface area (Å²) in [4.78, 5) is 35.1. The normalized spacial score (nSPS) is 10.2. The number of ether oxygens (including phenoxy) is 1. The van der Waals surface area contributed by atoms with Crippen molar-refractivity contribution in [3.05, 3.63) is 53.2 Å². The quantitative estimate of drug-likeness (QED) is 0.778. The van der Waals surface area contributed by atoms with Crippen molar-refractivity contribution in [2.75, 3.05) is 18.5 Å². The van der Waals surface area contributed by atoms with Crippen molar-refractivity contribution in [2.45, 2.75) is 13.8 Å². The van der Waals surface area contributed by atoms with Crippen molar-refractivity contribution in [3.8, 4) is 0 Å². The minimum atomic E-state index is -0.680. The lowest BCUT2D eigenvalue weighted by Gasteiger charge is -2.07. The van der Waals surface area contributed by atoms with Crippen LogP contribution in [0.2, 0.25) is 0 Å². The maximum absolute atomic E-state index is 12.8. The number of halogens is 1. The zero-order valence-corrected chi connectivity index (χ0v) is 13.7. The van der Waals surface area contributed by atoms with Crippen LogP contribution in [0.4, 0.5) is 10.1 Å². The maximum Gasteiger partial charge on any atom is 0.342 e. The van der Waals surface area contributed by atoms with E-state index < -0.39 is 30.2 Å². The maximum atomic E-state index is 12.8. The molecule has 0 bridgehead atoms. The van der Waals surface area contributed by atoms with E-state index in [1.54, 1.807) is 13.8 Å². The van der Waals surface area contributed by atoms with Crippen molar-refractivity contribution in [1.29, 1.82) is 0 Å². The summed E-state index contributed by atoms with van der Waals surface area (Å²) < 4.78 is 22.8. The number of amides is 2. The van der Waals surface area contributed by atoms with E-state index in [0.29, 0.717) is 17.2 Å². The molecule has 25 heavy (non-hydrogen) atoms. The van der Waals surface area contributed by atoms with Crippen LogP contribution in [0.5, 0.6) is 0 Å². The van der Waals surface area contributed by atoms with E-state index >= 15 is 0 Å². The minimum Gasteiger partial charge on any atom is -0.466 e. The van der Waals surface area contributed by atoms with Crippen LogP contribution in [0.15, 0.2) is 34.7 Å². The second-order valence-corrected chi connectivity index (χ2v) is 5.23. The Morgan fingerprint density at radius 2 is 1.80 bits per heavy atom. The molecular weight excluding hydrogens is 331 g/mol. The van der Waals surface area contributed by atoms with Crippen LogP contribution in [0.25, 0.3) is 0 Å². The average Bonchev–Trinajstić information content (AvgIpc) is 2.91. The average molecular weight is 348 g/mol. The third-order valence-corrected chi connectivity index (χ3v) is 3.17. The number of hydrogen-bond donors (Lipinski definition) is 2. The summed E-state index contributed by atoms with van der Waals surface area (Å²) in [6.45, 7) is 2.48. The summed E-state index contributed by atoms with van der Waals surface area (Å²) in [7, 11) is 0. The molecule has 2 aromatic rings. The number of hydrogen-bond acceptors (Lipinski definition) is 5. The summed E-state index contributed by atoms with van der Waals surface area (Å²) in [6.07, 6.45) is 0. The number of carbonyl (C=O) groups is 3. The van der Waals surface area contributed by atoms with Gasteiger partial charge < -0.3 is 19.8 Å². The molecular formula is C17H17FN2O5. The zero-order valence-electron chi connectivity index (χ0n) is 13.7. The SMILES string of the molecule is Cc1cc(C(=O)OCC(=O)NCC(=O)Nc2ccc(F)cc2)c(C)o1. The van der Waals surface area contributed by atoms with Crippen LogP contribution in [0.3, 0.4) is 0 Å². The summed E-state index contributed by atoms with van der Waals surface area (Å²) in [5, 5.41) is 4.80. The molecule has 0 saturated carbocycles. The van der Waals surface area contributed by atoms with E-state index in [1.807, 2.05) is 0 Å². The van der Waals surface area contributed by atoms with Gasteiger partial charge in [0.15, 0.2) is 6.61 Å². The summed E-state index contributed by atoms with van der Waals surface area (Å²) in [6, 6.07) is 6.71. The molecule has 8 heteroatoms. The topological polar surface area (TPSA) is 97.6 Å².